The van der Waals surface area contributed by atoms with E-state index in [9.17, 15) is 8.78 Å². The number of aromatic nitrogens is 1. The van der Waals surface area contributed by atoms with Crippen molar-refractivity contribution in [2.45, 2.75) is 0 Å². The number of pyridine rings is 1. The molecule has 1 heterocycles. The molecule has 0 fully saturated rings. The minimum atomic E-state index is -0.864. The monoisotopic (exact) mass is 190 g/mol. The summed E-state index contributed by atoms with van der Waals surface area (Å²) < 4.78 is 26.1. The van der Waals surface area contributed by atoms with Gasteiger partial charge >= 0.3 is 0 Å². The molecule has 1 nitrogen and oxygen atoms in total. The SMILES string of the molecule is Fc1cccc(-c2[c]nccc2)c1F. The molecule has 0 amide bonds. The van der Waals surface area contributed by atoms with E-state index in [4.69, 9.17) is 0 Å². The lowest BCUT2D eigenvalue weighted by atomic mass is 10.1. The Morgan fingerprint density at radius 2 is 1.93 bits per heavy atom. The molecule has 1 aromatic heterocycles. The van der Waals surface area contributed by atoms with Crippen LogP contribution in [0.15, 0.2) is 36.5 Å². The van der Waals surface area contributed by atoms with Gasteiger partial charge in [0.1, 0.15) is 0 Å². The number of hydrogen-bond donors (Lipinski definition) is 0. The molecule has 0 unspecified atom stereocenters. The number of benzene rings is 1. The molecule has 0 bridgehead atoms. The minimum absolute atomic E-state index is 0.179. The molecule has 3 heteroatoms. The van der Waals surface area contributed by atoms with Crippen LogP contribution in [0.2, 0.25) is 0 Å². The van der Waals surface area contributed by atoms with E-state index >= 15 is 0 Å². The van der Waals surface area contributed by atoms with Crippen LogP contribution in [-0.4, -0.2) is 4.98 Å². The molecule has 0 saturated carbocycles. The summed E-state index contributed by atoms with van der Waals surface area (Å²) in [5.74, 6) is -1.73. The van der Waals surface area contributed by atoms with Crippen LogP contribution in [0.4, 0.5) is 8.78 Å². The Hall–Kier alpha value is -1.77. The third-order valence-corrected chi connectivity index (χ3v) is 1.85. The zero-order valence-electron chi connectivity index (χ0n) is 7.17. The van der Waals surface area contributed by atoms with E-state index in [1.807, 2.05) is 0 Å². The van der Waals surface area contributed by atoms with Gasteiger partial charge in [0.05, 0.1) is 6.20 Å². The summed E-state index contributed by atoms with van der Waals surface area (Å²) in [6, 6.07) is 7.30. The van der Waals surface area contributed by atoms with Crippen LogP contribution >= 0.6 is 0 Å². The van der Waals surface area contributed by atoms with E-state index in [0.29, 0.717) is 5.56 Å². The molecular formula is C11H6F2N. The van der Waals surface area contributed by atoms with Gasteiger partial charge < -0.3 is 0 Å². The Kier molecular flexibility index (Phi) is 2.23. The Balaban J connectivity index is 2.58. The summed E-state index contributed by atoms with van der Waals surface area (Å²) in [5.41, 5.74) is 0.627. The quantitative estimate of drug-likeness (QED) is 0.673. The van der Waals surface area contributed by atoms with Gasteiger partial charge in [0.15, 0.2) is 11.6 Å². The van der Waals surface area contributed by atoms with Crippen molar-refractivity contribution in [3.8, 4) is 11.1 Å². The molecule has 0 spiro atoms. The summed E-state index contributed by atoms with van der Waals surface area (Å²) >= 11 is 0. The molecule has 14 heavy (non-hydrogen) atoms. The highest BCUT2D eigenvalue weighted by Gasteiger charge is 2.08. The fourth-order valence-electron chi connectivity index (χ4n) is 1.19. The van der Waals surface area contributed by atoms with Crippen molar-refractivity contribution in [1.29, 1.82) is 0 Å². The van der Waals surface area contributed by atoms with E-state index < -0.39 is 11.6 Å². The maximum Gasteiger partial charge on any atom is 0.166 e. The van der Waals surface area contributed by atoms with Gasteiger partial charge in [-0.3, -0.25) is 4.98 Å². The average Bonchev–Trinajstić information content (AvgIpc) is 2.23. The lowest BCUT2D eigenvalue weighted by Gasteiger charge is -2.01. The van der Waals surface area contributed by atoms with Crippen LogP contribution < -0.4 is 0 Å². The maximum atomic E-state index is 13.3. The minimum Gasteiger partial charge on any atom is -0.254 e. The Bertz CT molecular complexity index is 440. The van der Waals surface area contributed by atoms with Crippen LogP contribution in [0.3, 0.4) is 0 Å². The van der Waals surface area contributed by atoms with Gasteiger partial charge in [0.25, 0.3) is 0 Å². The summed E-state index contributed by atoms with van der Waals surface area (Å²) in [4.78, 5) is 3.72. The standard InChI is InChI=1S/C11H6F2N/c12-10-5-1-4-9(11(10)13)8-3-2-6-14-7-8/h1-6H. The highest BCUT2D eigenvalue weighted by atomic mass is 19.2. The Labute approximate surface area is 80.0 Å². The van der Waals surface area contributed by atoms with Crippen molar-refractivity contribution >= 4 is 0 Å². The molecule has 1 aromatic carbocycles. The molecule has 2 rings (SSSR count). The molecule has 0 aliphatic heterocycles. The predicted octanol–water partition coefficient (Wildman–Crippen LogP) is 2.83. The second-order valence-electron chi connectivity index (χ2n) is 2.76. The number of halogens is 2. The van der Waals surface area contributed by atoms with Gasteiger partial charge in [0, 0.05) is 17.3 Å². The molecule has 69 valence electrons. The fourth-order valence-corrected chi connectivity index (χ4v) is 1.19. The molecule has 2 aromatic rings. The molecule has 0 aliphatic carbocycles. The molecule has 0 N–H and O–H groups in total. The van der Waals surface area contributed by atoms with E-state index in [1.165, 1.54) is 18.3 Å². The van der Waals surface area contributed by atoms with Crippen molar-refractivity contribution in [3.05, 3.63) is 54.4 Å². The van der Waals surface area contributed by atoms with Gasteiger partial charge in [-0.05, 0) is 12.1 Å². The number of rotatable bonds is 1. The summed E-state index contributed by atoms with van der Waals surface area (Å²) in [7, 11) is 0. The van der Waals surface area contributed by atoms with Crippen molar-refractivity contribution in [3.63, 3.8) is 0 Å². The van der Waals surface area contributed by atoms with E-state index in [2.05, 4.69) is 11.2 Å². The maximum absolute atomic E-state index is 13.3. The summed E-state index contributed by atoms with van der Waals surface area (Å²) in [6.45, 7) is 0. The van der Waals surface area contributed by atoms with Gasteiger partial charge in [-0.15, -0.1) is 0 Å². The topological polar surface area (TPSA) is 12.9 Å². The van der Waals surface area contributed by atoms with E-state index in [1.54, 1.807) is 12.1 Å². The molecule has 0 saturated heterocycles. The molecule has 0 aliphatic rings. The first-order valence-corrected chi connectivity index (χ1v) is 4.06. The zero-order valence-corrected chi connectivity index (χ0v) is 7.17. The first-order valence-electron chi connectivity index (χ1n) is 4.06. The van der Waals surface area contributed by atoms with Crippen molar-refractivity contribution < 1.29 is 8.78 Å². The largest absolute Gasteiger partial charge is 0.254 e. The molecule has 1 radical (unpaired) electrons. The summed E-state index contributed by atoms with van der Waals surface area (Å²) in [6.07, 6.45) is 4.12. The fraction of sp³-hybridized carbons (Fsp3) is 0. The average molecular weight is 190 g/mol. The van der Waals surface area contributed by atoms with Crippen LogP contribution in [0.5, 0.6) is 0 Å². The lowest BCUT2D eigenvalue weighted by molar-refractivity contribution is 0.511. The van der Waals surface area contributed by atoms with Crippen molar-refractivity contribution in [2.75, 3.05) is 0 Å². The Morgan fingerprint density at radius 3 is 2.64 bits per heavy atom. The number of hydrogen-bond acceptors (Lipinski definition) is 1. The van der Waals surface area contributed by atoms with Crippen LogP contribution in [0.1, 0.15) is 0 Å². The van der Waals surface area contributed by atoms with Crippen LogP contribution in [0.25, 0.3) is 11.1 Å². The molecular weight excluding hydrogens is 184 g/mol. The Morgan fingerprint density at radius 1 is 1.07 bits per heavy atom. The smallest absolute Gasteiger partial charge is 0.166 e. The number of nitrogens with zero attached hydrogens (tertiary/aromatic N) is 1. The predicted molar refractivity (Wildman–Crippen MR) is 48.4 cm³/mol. The van der Waals surface area contributed by atoms with Crippen molar-refractivity contribution in [1.82, 2.24) is 4.98 Å². The third-order valence-electron chi connectivity index (χ3n) is 1.85. The van der Waals surface area contributed by atoms with Gasteiger partial charge in [0.2, 0.25) is 0 Å². The van der Waals surface area contributed by atoms with Gasteiger partial charge in [-0.1, -0.05) is 18.2 Å². The third kappa shape index (κ3) is 1.48. The highest BCUT2D eigenvalue weighted by Crippen LogP contribution is 2.22. The zero-order chi connectivity index (χ0) is 9.97. The van der Waals surface area contributed by atoms with E-state index in [0.717, 1.165) is 6.07 Å². The highest BCUT2D eigenvalue weighted by molar-refractivity contribution is 5.62. The second kappa shape index (κ2) is 3.54. The first kappa shape index (κ1) is 8.81. The summed E-state index contributed by atoms with van der Waals surface area (Å²) in [5, 5.41) is 0. The van der Waals surface area contributed by atoms with Gasteiger partial charge in [-0.25, -0.2) is 8.78 Å². The molecule has 0 atom stereocenters. The first-order chi connectivity index (χ1) is 6.79. The van der Waals surface area contributed by atoms with E-state index in [-0.39, 0.29) is 5.56 Å². The van der Waals surface area contributed by atoms with Crippen molar-refractivity contribution in [2.24, 2.45) is 0 Å². The normalized spacial score (nSPS) is 10.1. The lowest BCUT2D eigenvalue weighted by Crippen LogP contribution is -1.89. The second-order valence-corrected chi connectivity index (χ2v) is 2.76. The van der Waals surface area contributed by atoms with Gasteiger partial charge in [-0.2, -0.15) is 0 Å². The van der Waals surface area contributed by atoms with Crippen LogP contribution in [-0.2, 0) is 0 Å². The van der Waals surface area contributed by atoms with Crippen LogP contribution in [0, 0.1) is 17.8 Å².